The van der Waals surface area contributed by atoms with E-state index < -0.39 is 35.6 Å². The summed E-state index contributed by atoms with van der Waals surface area (Å²) in [5.41, 5.74) is 1.27. The van der Waals surface area contributed by atoms with Crippen LogP contribution in [0.2, 0.25) is 0 Å². The summed E-state index contributed by atoms with van der Waals surface area (Å²) in [6.07, 6.45) is 9.67. The van der Waals surface area contributed by atoms with Gasteiger partial charge in [-0.3, -0.25) is 33.5 Å². The van der Waals surface area contributed by atoms with E-state index in [1.165, 1.54) is 21.5 Å². The predicted octanol–water partition coefficient (Wildman–Crippen LogP) is 5.16. The minimum absolute atomic E-state index is 0.0351. The van der Waals surface area contributed by atoms with Gasteiger partial charge in [-0.05, 0) is 102 Å². The molecule has 3 aliphatic rings. The van der Waals surface area contributed by atoms with Gasteiger partial charge in [0.2, 0.25) is 11.8 Å². The number of para-hydroxylation sites is 1. The Kier molecular flexibility index (Phi) is 13.1. The van der Waals surface area contributed by atoms with Crippen LogP contribution >= 0.6 is 0 Å². The molecule has 1 atom stereocenters. The molecule has 4 aromatic heterocycles. The monoisotopic (exact) mass is 873 g/mol. The molecule has 1 aromatic carbocycles. The second-order valence-corrected chi connectivity index (χ2v) is 17.9. The maximum Gasteiger partial charge on any atom is 0.329 e. The summed E-state index contributed by atoms with van der Waals surface area (Å²) in [5.74, 6) is -0.397. The van der Waals surface area contributed by atoms with Crippen molar-refractivity contribution in [2.24, 2.45) is 13.0 Å². The number of aryl methyl sites for hydroxylation is 2. The minimum atomic E-state index is -2.88. The highest BCUT2D eigenvalue weighted by Crippen LogP contribution is 2.36. The minimum Gasteiger partial charge on any atom is -0.390 e. The quantitative estimate of drug-likeness (QED) is 0.0756. The standard InChI is InChI=1S/C44H57F2N11O6/c1-44(2,62)18-19-47-35-17-22-55-40(50-35)31(24-48-55)41(59)49-32-26-56(52-37(32)39(45)46)29-11-9-27(10-12-29)25-54-20-15-30(16-21-54)63-23-5-7-28-6-4-8-33-38(28)53(3)43(61)57(33)34-13-14-36(58)51-42(34)60/h4,6,8,17,22,24,26-27,29-30,34,39,62H,5,7,9-16,18-21,23,25H2,1-3H3,(H,47,50)(H,49,59)(H,51,58,60)/t27-,29-,34?. The summed E-state index contributed by atoms with van der Waals surface area (Å²) in [5, 5.41) is 26.6. The van der Waals surface area contributed by atoms with Crippen LogP contribution in [0.5, 0.6) is 0 Å². The van der Waals surface area contributed by atoms with Gasteiger partial charge in [0.1, 0.15) is 17.4 Å². The molecule has 1 aliphatic carbocycles. The Hall–Kier alpha value is -5.53. The molecule has 0 radical (unpaired) electrons. The van der Waals surface area contributed by atoms with E-state index in [4.69, 9.17) is 4.74 Å². The SMILES string of the molecule is Cn1c(=O)n(C2CCC(=O)NC2=O)c2cccc(CCCOC3CCN(C[C@H]4CC[C@H](n5cc(NC(=O)c6cnn7ccc(NCCC(C)(C)O)nc67)c(C(F)F)n5)CC4)CC3)c21. The number of fused-ring (bicyclic) bond motifs is 2. The first-order valence-corrected chi connectivity index (χ1v) is 22.1. The highest BCUT2D eigenvalue weighted by atomic mass is 19.3. The van der Waals surface area contributed by atoms with Gasteiger partial charge >= 0.3 is 5.69 Å². The van der Waals surface area contributed by atoms with Crippen LogP contribution in [0.3, 0.4) is 0 Å². The van der Waals surface area contributed by atoms with Crippen LogP contribution in [0.1, 0.15) is 118 Å². The molecule has 3 fully saturated rings. The number of hydrogen-bond acceptors (Lipinski definition) is 11. The second-order valence-electron chi connectivity index (χ2n) is 17.9. The first-order chi connectivity index (χ1) is 30.2. The Bertz CT molecular complexity index is 2510. The van der Waals surface area contributed by atoms with Crippen molar-refractivity contribution in [1.82, 2.24) is 43.7 Å². The number of imide groups is 1. The first kappa shape index (κ1) is 44.1. The largest absolute Gasteiger partial charge is 0.390 e. The lowest BCUT2D eigenvalue weighted by Gasteiger charge is -2.36. The lowest BCUT2D eigenvalue weighted by Crippen LogP contribution is -2.44. The van der Waals surface area contributed by atoms with E-state index in [9.17, 15) is 33.1 Å². The number of imidazole rings is 1. The Morgan fingerprint density at radius 3 is 2.57 bits per heavy atom. The normalized spacial score (nSPS) is 20.5. The Labute approximate surface area is 363 Å². The number of rotatable bonds is 16. The van der Waals surface area contributed by atoms with E-state index in [-0.39, 0.29) is 47.1 Å². The van der Waals surface area contributed by atoms with Crippen molar-refractivity contribution in [2.75, 3.05) is 43.4 Å². The van der Waals surface area contributed by atoms with Crippen LogP contribution in [-0.2, 0) is 27.8 Å². The van der Waals surface area contributed by atoms with Gasteiger partial charge in [0.05, 0.1) is 40.7 Å². The molecule has 63 heavy (non-hydrogen) atoms. The molecule has 17 nitrogen and oxygen atoms in total. The van der Waals surface area contributed by atoms with Crippen molar-refractivity contribution in [3.05, 3.63) is 70.2 Å². The van der Waals surface area contributed by atoms with Crippen LogP contribution < -0.4 is 21.6 Å². The molecule has 2 saturated heterocycles. The second kappa shape index (κ2) is 18.7. The maximum absolute atomic E-state index is 14.2. The fourth-order valence-electron chi connectivity index (χ4n) is 9.34. The number of nitrogens with one attached hydrogen (secondary N) is 3. The molecule has 338 valence electrons. The number of aromatic nitrogens is 7. The number of carbonyl (C=O) groups is 3. The Balaban J connectivity index is 0.782. The van der Waals surface area contributed by atoms with E-state index >= 15 is 0 Å². The van der Waals surface area contributed by atoms with Gasteiger partial charge in [-0.1, -0.05) is 12.1 Å². The number of carbonyl (C=O) groups excluding carboxylic acids is 3. The number of aliphatic hydroxyl groups is 1. The third kappa shape index (κ3) is 10.00. The van der Waals surface area contributed by atoms with Gasteiger partial charge in [0.15, 0.2) is 11.3 Å². The van der Waals surface area contributed by atoms with Crippen LogP contribution in [0, 0.1) is 5.92 Å². The summed E-state index contributed by atoms with van der Waals surface area (Å²) < 4.78 is 40.9. The molecule has 0 bridgehead atoms. The summed E-state index contributed by atoms with van der Waals surface area (Å²) in [4.78, 5) is 58.0. The highest BCUT2D eigenvalue weighted by molar-refractivity contribution is 6.08. The highest BCUT2D eigenvalue weighted by Gasteiger charge is 2.33. The third-order valence-corrected chi connectivity index (χ3v) is 12.8. The Morgan fingerprint density at radius 1 is 1.06 bits per heavy atom. The van der Waals surface area contributed by atoms with Gasteiger partial charge in [-0.25, -0.2) is 23.1 Å². The molecule has 1 unspecified atom stereocenters. The Morgan fingerprint density at radius 2 is 1.84 bits per heavy atom. The summed E-state index contributed by atoms with van der Waals surface area (Å²) in [6, 6.07) is 6.70. The number of nitrogens with zero attached hydrogens (tertiary/aromatic N) is 8. The lowest BCUT2D eigenvalue weighted by molar-refractivity contribution is -0.135. The molecular formula is C44H57F2N11O6. The van der Waals surface area contributed by atoms with Gasteiger partial charge < -0.3 is 25.4 Å². The van der Waals surface area contributed by atoms with Gasteiger partial charge in [0.25, 0.3) is 12.3 Å². The number of piperidine rings is 2. The van der Waals surface area contributed by atoms with Gasteiger partial charge in [0, 0.05) is 58.6 Å². The fourth-order valence-corrected chi connectivity index (χ4v) is 9.34. The molecule has 0 spiro atoms. The van der Waals surface area contributed by atoms with Crippen LogP contribution in [0.4, 0.5) is 20.3 Å². The number of amides is 3. The molecule has 5 aromatic rings. The molecule has 6 heterocycles. The lowest BCUT2D eigenvalue weighted by atomic mass is 9.85. The number of likely N-dealkylation sites (tertiary alicyclic amines) is 1. The fraction of sp³-hybridized carbons (Fsp3) is 0.568. The smallest absolute Gasteiger partial charge is 0.329 e. The van der Waals surface area contributed by atoms with E-state index in [1.54, 1.807) is 42.4 Å². The zero-order valence-corrected chi connectivity index (χ0v) is 36.1. The van der Waals surface area contributed by atoms with Crippen molar-refractivity contribution >= 4 is 45.9 Å². The molecule has 1 saturated carbocycles. The van der Waals surface area contributed by atoms with Crippen molar-refractivity contribution < 1.29 is 33.0 Å². The third-order valence-electron chi connectivity index (χ3n) is 12.8. The van der Waals surface area contributed by atoms with Crippen molar-refractivity contribution in [3.63, 3.8) is 0 Å². The molecule has 8 rings (SSSR count). The van der Waals surface area contributed by atoms with E-state index in [0.717, 1.165) is 82.1 Å². The molecule has 4 N–H and O–H groups in total. The summed E-state index contributed by atoms with van der Waals surface area (Å²) in [7, 11) is 1.72. The van der Waals surface area contributed by atoms with Crippen LogP contribution in [0.15, 0.2) is 47.7 Å². The number of benzene rings is 1. The first-order valence-electron chi connectivity index (χ1n) is 22.1. The van der Waals surface area contributed by atoms with Gasteiger partial charge in [-0.15, -0.1) is 0 Å². The van der Waals surface area contributed by atoms with Crippen molar-refractivity contribution in [1.29, 1.82) is 0 Å². The predicted molar refractivity (Wildman–Crippen MR) is 231 cm³/mol. The molecular weight excluding hydrogens is 817 g/mol. The van der Waals surface area contributed by atoms with Crippen molar-refractivity contribution in [3.8, 4) is 0 Å². The summed E-state index contributed by atoms with van der Waals surface area (Å²) in [6.45, 7) is 7.36. The molecule has 3 amide bonds. The average molecular weight is 874 g/mol. The van der Waals surface area contributed by atoms with Crippen LogP contribution in [-0.4, -0.2) is 106 Å². The molecule has 2 aliphatic heterocycles. The van der Waals surface area contributed by atoms with E-state index in [1.807, 2.05) is 18.2 Å². The number of halogens is 2. The zero-order chi connectivity index (χ0) is 44.4. The van der Waals surface area contributed by atoms with E-state index in [0.29, 0.717) is 43.2 Å². The number of anilines is 2. The van der Waals surface area contributed by atoms with Crippen molar-refractivity contribution in [2.45, 2.75) is 115 Å². The number of alkyl halides is 2. The van der Waals surface area contributed by atoms with Crippen LogP contribution in [0.25, 0.3) is 16.7 Å². The average Bonchev–Trinajstić information content (AvgIpc) is 3.94. The van der Waals surface area contributed by atoms with Gasteiger partial charge in [-0.2, -0.15) is 10.2 Å². The maximum atomic E-state index is 14.2. The van der Waals surface area contributed by atoms with E-state index in [2.05, 4.69) is 36.0 Å². The zero-order valence-electron chi connectivity index (χ0n) is 36.1. The number of hydrogen-bond donors (Lipinski definition) is 4. The molecule has 19 heteroatoms. The topological polar surface area (TPSA) is 195 Å². The number of ether oxygens (including phenoxy) is 1. The summed E-state index contributed by atoms with van der Waals surface area (Å²) >= 11 is 0.